The first-order valence-corrected chi connectivity index (χ1v) is 10.3. The maximum absolute atomic E-state index is 12.3. The van der Waals surface area contributed by atoms with Gasteiger partial charge in [0.1, 0.15) is 6.04 Å². The number of amides is 2. The fourth-order valence-corrected chi connectivity index (χ4v) is 4.03. The number of ether oxygens (including phenoxy) is 1. The summed E-state index contributed by atoms with van der Waals surface area (Å²) in [6.45, 7) is 4.39. The molecule has 0 bridgehead atoms. The average molecular weight is 398 g/mol. The Kier molecular flexibility index (Phi) is 8.47. The number of carbonyl (C=O) groups excluding carboxylic acids is 3. The maximum Gasteiger partial charge on any atom is 0.308 e. The third kappa shape index (κ3) is 7.08. The summed E-state index contributed by atoms with van der Waals surface area (Å²) >= 11 is 5.35. The highest BCUT2D eigenvalue weighted by molar-refractivity contribution is 7.80. The van der Waals surface area contributed by atoms with E-state index in [2.05, 4.69) is 10.6 Å². The van der Waals surface area contributed by atoms with Crippen LogP contribution in [0.15, 0.2) is 0 Å². The van der Waals surface area contributed by atoms with Gasteiger partial charge in [0.2, 0.25) is 11.8 Å². The molecule has 1 aliphatic carbocycles. The van der Waals surface area contributed by atoms with E-state index in [-0.39, 0.29) is 29.5 Å². The highest BCUT2D eigenvalue weighted by Crippen LogP contribution is 2.27. The second-order valence-corrected chi connectivity index (χ2v) is 8.03. The Balaban J connectivity index is 1.86. The minimum Gasteiger partial charge on any atom is -0.463 e. The molecule has 152 valence electrons. The molecular weight excluding hydrogens is 366 g/mol. The van der Waals surface area contributed by atoms with Crippen LogP contribution < -0.4 is 10.6 Å². The van der Waals surface area contributed by atoms with Gasteiger partial charge in [-0.15, -0.1) is 0 Å². The zero-order valence-electron chi connectivity index (χ0n) is 16.3. The maximum atomic E-state index is 12.3. The summed E-state index contributed by atoms with van der Waals surface area (Å²) in [7, 11) is 0. The monoisotopic (exact) mass is 397 g/mol. The number of esters is 1. The van der Waals surface area contributed by atoms with Gasteiger partial charge >= 0.3 is 5.97 Å². The van der Waals surface area contributed by atoms with E-state index in [0.29, 0.717) is 25.4 Å². The van der Waals surface area contributed by atoms with E-state index in [1.54, 1.807) is 18.7 Å². The molecule has 2 rings (SSSR count). The third-order valence-corrected chi connectivity index (χ3v) is 5.41. The predicted octanol–water partition coefficient (Wildman–Crippen LogP) is 1.89. The van der Waals surface area contributed by atoms with E-state index >= 15 is 0 Å². The zero-order chi connectivity index (χ0) is 19.8. The van der Waals surface area contributed by atoms with Crippen LogP contribution in [0.4, 0.5) is 0 Å². The number of nitrogens with zero attached hydrogens (tertiary/aromatic N) is 1. The standard InChI is InChI=1S/C19H31N3O4S/c1-13(2)26-17(24)12-15-18(25)20-10-11-22(15)19(27)21-16(23)9-8-14-6-4-3-5-7-14/h13-15H,3-12H2,1-2H3,(H,20,25)(H,21,23,27). The summed E-state index contributed by atoms with van der Waals surface area (Å²) in [6, 6.07) is -0.754. The summed E-state index contributed by atoms with van der Waals surface area (Å²) in [6.07, 6.45) is 7.16. The fraction of sp³-hybridized carbons (Fsp3) is 0.789. The van der Waals surface area contributed by atoms with E-state index < -0.39 is 12.0 Å². The molecule has 2 amide bonds. The summed E-state index contributed by atoms with van der Waals surface area (Å²) in [5.41, 5.74) is 0. The molecule has 27 heavy (non-hydrogen) atoms. The molecule has 0 aromatic rings. The summed E-state index contributed by atoms with van der Waals surface area (Å²) in [5, 5.41) is 5.69. The topological polar surface area (TPSA) is 87.7 Å². The molecule has 2 N–H and O–H groups in total. The number of carbonyl (C=O) groups is 3. The van der Waals surface area contributed by atoms with Crippen LogP contribution in [0, 0.1) is 5.92 Å². The Bertz CT molecular complexity index is 561. The van der Waals surface area contributed by atoms with Crippen molar-refractivity contribution in [2.45, 2.75) is 77.4 Å². The SMILES string of the molecule is CC(C)OC(=O)CC1C(=O)NCCN1C(=S)NC(=O)CCC1CCCCC1. The van der Waals surface area contributed by atoms with Gasteiger partial charge in [-0.05, 0) is 38.4 Å². The molecule has 0 spiro atoms. The lowest BCUT2D eigenvalue weighted by Gasteiger charge is -2.36. The van der Waals surface area contributed by atoms with Gasteiger partial charge in [0.15, 0.2) is 5.11 Å². The number of hydrogen-bond donors (Lipinski definition) is 2. The largest absolute Gasteiger partial charge is 0.463 e. The van der Waals surface area contributed by atoms with Crippen LogP contribution in [-0.2, 0) is 19.1 Å². The molecule has 1 heterocycles. The van der Waals surface area contributed by atoms with Crippen molar-refractivity contribution in [1.82, 2.24) is 15.5 Å². The lowest BCUT2D eigenvalue weighted by molar-refractivity contribution is -0.150. The summed E-state index contributed by atoms with van der Waals surface area (Å²) in [5.74, 6) is -0.235. The van der Waals surface area contributed by atoms with Crippen LogP contribution >= 0.6 is 12.2 Å². The van der Waals surface area contributed by atoms with Gasteiger partial charge in [0, 0.05) is 19.5 Å². The van der Waals surface area contributed by atoms with Crippen LogP contribution in [-0.4, -0.2) is 53.0 Å². The van der Waals surface area contributed by atoms with Crippen LogP contribution in [0.1, 0.15) is 65.2 Å². The lowest BCUT2D eigenvalue weighted by atomic mass is 9.86. The van der Waals surface area contributed by atoms with Crippen molar-refractivity contribution in [3.63, 3.8) is 0 Å². The number of piperazine rings is 1. The lowest BCUT2D eigenvalue weighted by Crippen LogP contribution is -2.60. The van der Waals surface area contributed by atoms with E-state index in [1.165, 1.54) is 32.1 Å². The Morgan fingerprint density at radius 1 is 1.30 bits per heavy atom. The van der Waals surface area contributed by atoms with Crippen molar-refractivity contribution in [2.75, 3.05) is 13.1 Å². The Morgan fingerprint density at radius 2 is 2.00 bits per heavy atom. The van der Waals surface area contributed by atoms with Crippen molar-refractivity contribution in [1.29, 1.82) is 0 Å². The zero-order valence-corrected chi connectivity index (χ0v) is 17.1. The first kappa shape index (κ1) is 21.6. The van der Waals surface area contributed by atoms with Gasteiger partial charge in [-0.3, -0.25) is 14.4 Å². The van der Waals surface area contributed by atoms with Crippen molar-refractivity contribution in [3.8, 4) is 0 Å². The molecule has 0 aromatic heterocycles. The second-order valence-electron chi connectivity index (χ2n) is 7.64. The average Bonchev–Trinajstić information content (AvgIpc) is 2.62. The minimum absolute atomic E-state index is 0.0951. The van der Waals surface area contributed by atoms with E-state index in [4.69, 9.17) is 17.0 Å². The molecule has 1 atom stereocenters. The Labute approximate surface area is 166 Å². The molecule has 1 aliphatic heterocycles. The molecule has 1 saturated heterocycles. The van der Waals surface area contributed by atoms with Crippen molar-refractivity contribution >= 4 is 35.1 Å². The molecule has 0 radical (unpaired) electrons. The molecule has 2 fully saturated rings. The second kappa shape index (κ2) is 10.6. The number of thiocarbonyl (C=S) groups is 1. The molecule has 8 heteroatoms. The molecule has 1 unspecified atom stereocenters. The van der Waals surface area contributed by atoms with Gasteiger partial charge < -0.3 is 20.3 Å². The van der Waals surface area contributed by atoms with Crippen molar-refractivity contribution in [2.24, 2.45) is 5.92 Å². The van der Waals surface area contributed by atoms with Gasteiger partial charge in [0.25, 0.3) is 0 Å². The van der Waals surface area contributed by atoms with Crippen molar-refractivity contribution in [3.05, 3.63) is 0 Å². The molecule has 2 aliphatic rings. The molecule has 0 aromatic carbocycles. The quantitative estimate of drug-likeness (QED) is 0.526. The Morgan fingerprint density at radius 3 is 2.67 bits per heavy atom. The van der Waals surface area contributed by atoms with E-state index in [1.807, 2.05) is 0 Å². The Hall–Kier alpha value is -1.70. The van der Waals surface area contributed by atoms with Gasteiger partial charge in [-0.2, -0.15) is 0 Å². The molecular formula is C19H31N3O4S. The summed E-state index contributed by atoms with van der Waals surface area (Å²) < 4.78 is 5.14. The normalized spacial score (nSPS) is 20.9. The van der Waals surface area contributed by atoms with Gasteiger partial charge in [-0.1, -0.05) is 32.1 Å². The van der Waals surface area contributed by atoms with E-state index in [0.717, 1.165) is 6.42 Å². The van der Waals surface area contributed by atoms with E-state index in [9.17, 15) is 14.4 Å². The van der Waals surface area contributed by atoms with Gasteiger partial charge in [0.05, 0.1) is 12.5 Å². The number of rotatable bonds is 6. The highest BCUT2D eigenvalue weighted by Gasteiger charge is 2.34. The van der Waals surface area contributed by atoms with Crippen molar-refractivity contribution < 1.29 is 19.1 Å². The van der Waals surface area contributed by atoms with Crippen LogP contribution in [0.5, 0.6) is 0 Å². The van der Waals surface area contributed by atoms with Crippen LogP contribution in [0.2, 0.25) is 0 Å². The smallest absolute Gasteiger partial charge is 0.308 e. The van der Waals surface area contributed by atoms with Crippen LogP contribution in [0.3, 0.4) is 0 Å². The number of nitrogens with one attached hydrogen (secondary N) is 2. The fourth-order valence-electron chi connectivity index (χ4n) is 3.69. The predicted molar refractivity (Wildman–Crippen MR) is 106 cm³/mol. The molecule has 7 nitrogen and oxygen atoms in total. The third-order valence-electron chi connectivity index (χ3n) is 5.07. The minimum atomic E-state index is -0.754. The number of hydrogen-bond acceptors (Lipinski definition) is 5. The first-order valence-electron chi connectivity index (χ1n) is 9.94. The highest BCUT2D eigenvalue weighted by atomic mass is 32.1. The summed E-state index contributed by atoms with van der Waals surface area (Å²) in [4.78, 5) is 38.1. The van der Waals surface area contributed by atoms with Crippen LogP contribution in [0.25, 0.3) is 0 Å². The van der Waals surface area contributed by atoms with Gasteiger partial charge in [-0.25, -0.2) is 0 Å². The first-order chi connectivity index (χ1) is 12.9. The molecule has 1 saturated carbocycles.